The molecule has 2 heterocycles. The normalized spacial score (nSPS) is 17.1. The third kappa shape index (κ3) is 12.6. The molecule has 326 valence electrons. The van der Waals surface area contributed by atoms with Gasteiger partial charge in [0.25, 0.3) is 0 Å². The minimum absolute atomic E-state index is 0. The fraction of sp³-hybridized carbons (Fsp3) is 0.350. The van der Waals surface area contributed by atoms with Crippen LogP contribution in [0.25, 0.3) is 0 Å². The largest absolute Gasteiger partial charge is 1.00 e. The van der Waals surface area contributed by atoms with Crippen LogP contribution >= 0.6 is 11.6 Å². The van der Waals surface area contributed by atoms with Crippen molar-refractivity contribution in [1.82, 2.24) is 13.7 Å². The number of nitrogens with two attached hydrogens (primary N) is 2. The second kappa shape index (κ2) is 22.0. The Balaban J connectivity index is 0.000000260. The van der Waals surface area contributed by atoms with Gasteiger partial charge in [0.05, 0.1) is 58.7 Å². The van der Waals surface area contributed by atoms with E-state index in [2.05, 4.69) is 10.6 Å². The number of alkyl halides is 1. The van der Waals surface area contributed by atoms with Gasteiger partial charge in [0.15, 0.2) is 22.9 Å². The maximum Gasteiger partial charge on any atom is 0.372 e. The first-order valence-electron chi connectivity index (χ1n) is 19.0. The third-order valence-corrected chi connectivity index (χ3v) is 13.6. The van der Waals surface area contributed by atoms with Crippen LogP contribution in [0, 0.1) is 0 Å². The molecule has 2 fully saturated rings. The van der Waals surface area contributed by atoms with Gasteiger partial charge in [-0.05, 0) is 36.4 Å². The summed E-state index contributed by atoms with van der Waals surface area (Å²) >= 11 is 6.49. The fourth-order valence-electron chi connectivity index (χ4n) is 7.33. The molecule has 0 radical (unpaired) electrons. The molecule has 7 N–H and O–H groups in total. The molecule has 0 spiro atoms. The molecule has 2 atom stereocenters. The number of halogens is 2. The van der Waals surface area contributed by atoms with Gasteiger partial charge in [-0.25, -0.2) is 13.6 Å². The summed E-state index contributed by atoms with van der Waals surface area (Å²) in [6.07, 6.45) is -0.127. The number of benzene rings is 4. The zero-order valence-corrected chi connectivity index (χ0v) is 36.6. The lowest BCUT2D eigenvalue weighted by Crippen LogP contribution is -3.10. The number of nitrogens with one attached hydrogen (secondary N) is 3. The number of carbonyl (C=O) groups is 2. The number of hydrogen-bond donors (Lipinski definition) is 5. The molecule has 20 heteroatoms. The molecular weight excluding hydrogens is 856 g/mol. The van der Waals surface area contributed by atoms with Gasteiger partial charge < -0.3 is 32.5 Å². The van der Waals surface area contributed by atoms with E-state index in [0.29, 0.717) is 62.1 Å². The number of anilines is 2. The van der Waals surface area contributed by atoms with Crippen molar-refractivity contribution in [2.24, 2.45) is 10.3 Å². The molecule has 2 amide bonds. The second-order valence-electron chi connectivity index (χ2n) is 14.1. The summed E-state index contributed by atoms with van der Waals surface area (Å²) in [7, 11) is -4.76. The molecule has 2 aliphatic heterocycles. The predicted molar refractivity (Wildman–Crippen MR) is 230 cm³/mol. The average Bonchev–Trinajstić information content (AvgIpc) is 3.23. The molecule has 0 saturated carbocycles. The Morgan fingerprint density at radius 3 is 1.67 bits per heavy atom. The quantitative estimate of drug-likeness (QED) is 0.0611. The predicted octanol–water partition coefficient (Wildman–Crippen LogP) is -0.710. The lowest BCUT2D eigenvalue weighted by atomic mass is 10.2. The first-order valence-corrected chi connectivity index (χ1v) is 22.6. The third-order valence-electron chi connectivity index (χ3n) is 10.4. The van der Waals surface area contributed by atoms with Crippen molar-refractivity contribution in [1.29, 1.82) is 0 Å². The number of methoxy groups -OCH3 is 2. The fourth-order valence-corrected chi connectivity index (χ4v) is 9.77. The highest BCUT2D eigenvalue weighted by Crippen LogP contribution is 2.37. The molecule has 0 aromatic heterocycles. The number of piperazine rings is 2. The molecule has 2 unspecified atom stereocenters. The number of para-hydroxylation sites is 6. The molecule has 0 aliphatic carbocycles. The number of nitrogens with zero attached hydrogens (tertiary/aromatic N) is 3. The van der Waals surface area contributed by atoms with E-state index in [0.717, 1.165) is 11.4 Å². The molecule has 2 aliphatic rings. The zero-order chi connectivity index (χ0) is 42.6. The van der Waals surface area contributed by atoms with Gasteiger partial charge in [-0.2, -0.15) is 17.4 Å². The van der Waals surface area contributed by atoms with E-state index < -0.39 is 35.0 Å². The van der Waals surface area contributed by atoms with Crippen LogP contribution in [0.5, 0.6) is 11.5 Å². The lowest BCUT2D eigenvalue weighted by Gasteiger charge is -2.42. The summed E-state index contributed by atoms with van der Waals surface area (Å²) in [6, 6.07) is 32.8. The summed E-state index contributed by atoms with van der Waals surface area (Å²) in [5.74, 6) is 0.684. The summed E-state index contributed by atoms with van der Waals surface area (Å²) in [4.78, 5) is 29.6. The van der Waals surface area contributed by atoms with E-state index in [-0.39, 0.29) is 50.2 Å². The van der Waals surface area contributed by atoms with Crippen molar-refractivity contribution in [2.45, 2.75) is 23.7 Å². The van der Waals surface area contributed by atoms with E-state index in [9.17, 15) is 26.4 Å². The standard InChI is InChI=1S/C20H25ClN4O4S.C20H26N4O4S.ClH/c1-29-18-10-6-5-9-17(18)25(30(22,27)28)13-11-24(12-14-25)19(21)15-20(26)23-16-7-3-2-4-8-16;1-28-18-10-6-5-9-17(18)23-11-13-24(14-12-23)20(29(21,26)27)15-19(25)22-16-7-3-2-4-8-16;/h2-10,19H,11-15H2,1H3,(H2-,22,23,26,27,28);2-10,20H,11-15H2,1H3,(H,22,25)(H2,21,26,27);1H/p+1. The van der Waals surface area contributed by atoms with Gasteiger partial charge in [-0.1, -0.05) is 60.7 Å². The summed E-state index contributed by atoms with van der Waals surface area (Å²) in [5, 5.41) is 15.6. The minimum Gasteiger partial charge on any atom is -1.00 e. The number of quaternary nitrogens is 2. The van der Waals surface area contributed by atoms with E-state index in [1.807, 2.05) is 53.4 Å². The van der Waals surface area contributed by atoms with Gasteiger partial charge in [0.2, 0.25) is 21.8 Å². The number of ether oxygens (including phenoxy) is 2. The van der Waals surface area contributed by atoms with Crippen LogP contribution in [0.4, 0.5) is 22.7 Å². The van der Waals surface area contributed by atoms with Crippen molar-refractivity contribution in [3.8, 4) is 11.5 Å². The van der Waals surface area contributed by atoms with E-state index in [4.69, 9.17) is 31.4 Å². The van der Waals surface area contributed by atoms with Gasteiger partial charge in [-0.15, -0.1) is 11.6 Å². The first-order chi connectivity index (χ1) is 28.1. The smallest absolute Gasteiger partial charge is 0.372 e. The Labute approximate surface area is 363 Å². The van der Waals surface area contributed by atoms with E-state index >= 15 is 0 Å². The Hall–Kier alpha value is -4.34. The van der Waals surface area contributed by atoms with E-state index in [1.54, 1.807) is 72.7 Å². The Bertz CT molecular complexity index is 2230. The summed E-state index contributed by atoms with van der Waals surface area (Å²) in [6.45, 7) is 3.51. The van der Waals surface area contributed by atoms with Gasteiger partial charge >= 0.3 is 10.2 Å². The topological polar surface area (TPSA) is 208 Å². The van der Waals surface area contributed by atoms with Crippen LogP contribution in [0.15, 0.2) is 109 Å². The second-order valence-corrected chi connectivity index (χ2v) is 18.1. The van der Waals surface area contributed by atoms with Crippen molar-refractivity contribution in [2.75, 3.05) is 77.2 Å². The highest BCUT2D eigenvalue weighted by molar-refractivity contribution is 7.89. The van der Waals surface area contributed by atoms with Crippen molar-refractivity contribution < 1.29 is 53.2 Å². The molecule has 60 heavy (non-hydrogen) atoms. The average molecular weight is 909 g/mol. The van der Waals surface area contributed by atoms with Crippen molar-refractivity contribution in [3.63, 3.8) is 0 Å². The number of hydrogen-bond acceptors (Lipinski definition) is 10. The minimum atomic E-state index is -3.98. The van der Waals surface area contributed by atoms with Crippen molar-refractivity contribution in [3.05, 3.63) is 109 Å². The summed E-state index contributed by atoms with van der Waals surface area (Å²) in [5.41, 5.74) is 2.30. The number of carbonyl (C=O) groups excluding carboxylic acids is 2. The Morgan fingerprint density at radius 1 is 0.700 bits per heavy atom. The summed E-state index contributed by atoms with van der Waals surface area (Å²) < 4.78 is 60.0. The molecule has 4 aromatic rings. The molecule has 16 nitrogen and oxygen atoms in total. The molecule has 4 aromatic carbocycles. The van der Waals surface area contributed by atoms with Gasteiger partial charge in [0, 0.05) is 36.6 Å². The zero-order valence-electron chi connectivity index (χ0n) is 33.5. The van der Waals surface area contributed by atoms with Crippen LogP contribution in [-0.4, -0.2) is 116 Å². The molecular formula is C40H53Cl2N8O8S2+. The molecule has 2 saturated heterocycles. The van der Waals surface area contributed by atoms with Crippen LogP contribution in [0.3, 0.4) is 0 Å². The number of amides is 2. The monoisotopic (exact) mass is 907 g/mol. The maximum absolute atomic E-state index is 12.6. The number of primary sulfonamides is 1. The molecule has 6 rings (SSSR count). The first kappa shape index (κ1) is 48.3. The lowest BCUT2D eigenvalue weighted by molar-refractivity contribution is -0.838. The van der Waals surface area contributed by atoms with Gasteiger partial charge in [0.1, 0.15) is 18.5 Å². The van der Waals surface area contributed by atoms with Crippen LogP contribution in [0.1, 0.15) is 12.8 Å². The van der Waals surface area contributed by atoms with Crippen LogP contribution < -0.4 is 51.6 Å². The Kier molecular flexibility index (Phi) is 17.7. The number of rotatable bonds is 14. The van der Waals surface area contributed by atoms with E-state index in [1.165, 1.54) is 12.0 Å². The van der Waals surface area contributed by atoms with Crippen LogP contribution in [0.2, 0.25) is 0 Å². The van der Waals surface area contributed by atoms with Crippen molar-refractivity contribution >= 4 is 66.4 Å². The Morgan fingerprint density at radius 2 is 1.17 bits per heavy atom. The number of sulfonamides is 1. The SMILES string of the molecule is COc1ccccc1[N+]1(S(N)(=O)=O)CCN(C(Cl)CC(=O)Nc2ccccc2)CC1.COc1ccccc1[NH+]1CCN(C(CC(=O)Nc2ccccc2)S(N)(=O)=O)CC1.[Cl-]. The highest BCUT2D eigenvalue weighted by Gasteiger charge is 2.47. The maximum atomic E-state index is 12.6. The molecule has 0 bridgehead atoms. The van der Waals surface area contributed by atoms with Gasteiger partial charge in [-0.3, -0.25) is 24.3 Å². The highest BCUT2D eigenvalue weighted by atomic mass is 35.5. The van der Waals surface area contributed by atoms with Crippen LogP contribution in [-0.2, 0) is 29.8 Å².